The van der Waals surface area contributed by atoms with Gasteiger partial charge in [-0.1, -0.05) is 44.2 Å². The molecule has 0 saturated carbocycles. The van der Waals surface area contributed by atoms with Gasteiger partial charge >= 0.3 is 0 Å². The van der Waals surface area contributed by atoms with E-state index in [1.165, 1.54) is 18.2 Å². The number of ether oxygens (including phenoxy) is 2. The van der Waals surface area contributed by atoms with Gasteiger partial charge in [-0.05, 0) is 43.0 Å². The van der Waals surface area contributed by atoms with Gasteiger partial charge in [-0.25, -0.2) is 9.67 Å². The Morgan fingerprint density at radius 3 is 2.70 bits per heavy atom. The molecule has 0 saturated heterocycles. The second-order valence-corrected chi connectivity index (χ2v) is 11.5. The first-order valence-electron chi connectivity index (χ1n) is 15.4. The molecule has 3 heterocycles. The normalized spacial score (nSPS) is 16.5. The second-order valence-electron chi connectivity index (χ2n) is 11.5. The van der Waals surface area contributed by atoms with Crippen LogP contribution in [0.1, 0.15) is 64.2 Å². The Hall–Kier alpha value is -5.20. The highest BCUT2D eigenvalue weighted by atomic mass is 16.5. The average Bonchev–Trinajstić information content (AvgIpc) is 3.66. The zero-order valence-electron chi connectivity index (χ0n) is 26.6. The summed E-state index contributed by atoms with van der Waals surface area (Å²) >= 11 is 0. The predicted molar refractivity (Wildman–Crippen MR) is 170 cm³/mol. The maximum Gasteiger partial charge on any atom is 0.257 e. The molecular weight excluding hydrogens is 588 g/mol. The van der Waals surface area contributed by atoms with E-state index in [1.54, 1.807) is 40.7 Å². The number of aromatic nitrogens is 5. The molecule has 2 aromatic heterocycles. The van der Waals surface area contributed by atoms with Crippen molar-refractivity contribution in [2.75, 3.05) is 33.4 Å². The Bertz CT molecular complexity index is 1670. The number of hydrogen-bond donors (Lipinski definition) is 2. The lowest BCUT2D eigenvalue weighted by Crippen LogP contribution is -2.44. The van der Waals surface area contributed by atoms with Crippen LogP contribution in [0.25, 0.3) is 0 Å². The number of benzene rings is 2. The zero-order chi connectivity index (χ0) is 32.6. The third-order valence-electron chi connectivity index (χ3n) is 7.63. The van der Waals surface area contributed by atoms with E-state index < -0.39 is 6.04 Å². The van der Waals surface area contributed by atoms with Crippen molar-refractivity contribution < 1.29 is 23.9 Å². The van der Waals surface area contributed by atoms with Crippen molar-refractivity contribution in [3.63, 3.8) is 0 Å². The van der Waals surface area contributed by atoms with E-state index in [4.69, 9.17) is 9.47 Å². The van der Waals surface area contributed by atoms with Crippen LogP contribution in [0.4, 0.5) is 0 Å². The summed E-state index contributed by atoms with van der Waals surface area (Å²) in [5, 5.41) is 14.9. The number of hydrogen-bond acceptors (Lipinski definition) is 8. The molecule has 0 spiro atoms. The standard InChI is InChI=1S/C33H40N8O5/c1-22(2)30-31-36-23(3)38-41(31)15-16-46-28-17-25(11-12-27(28)45-4)32(43)34-13-8-14-39(21-29(42)37-30)33(44)26-18-35-40(20-26)19-24-9-6-5-7-10-24/h5-7,9-12,17-18,20,22,30H,8,13-16,19,21H2,1-4H3,(H,34,43)(H,37,42)/t30-/m0/s1. The molecule has 13 heteroatoms. The lowest BCUT2D eigenvalue weighted by atomic mass is 10.0. The summed E-state index contributed by atoms with van der Waals surface area (Å²) < 4.78 is 14.9. The van der Waals surface area contributed by atoms with Crippen LogP contribution < -0.4 is 20.1 Å². The summed E-state index contributed by atoms with van der Waals surface area (Å²) in [5.74, 6) is 1.09. The fraction of sp³-hybridized carbons (Fsp3) is 0.394. The molecule has 2 aromatic carbocycles. The fourth-order valence-electron chi connectivity index (χ4n) is 5.30. The van der Waals surface area contributed by atoms with Gasteiger partial charge in [-0.3, -0.25) is 19.1 Å². The molecule has 2 N–H and O–H groups in total. The minimum atomic E-state index is -0.463. The van der Waals surface area contributed by atoms with E-state index in [-0.39, 0.29) is 49.9 Å². The third kappa shape index (κ3) is 7.89. The number of nitrogens with one attached hydrogen (secondary N) is 2. The van der Waals surface area contributed by atoms with Gasteiger partial charge in [0.1, 0.15) is 18.3 Å². The Morgan fingerprint density at radius 1 is 1.13 bits per heavy atom. The van der Waals surface area contributed by atoms with Crippen LogP contribution in [-0.4, -0.2) is 80.5 Å². The van der Waals surface area contributed by atoms with Crippen molar-refractivity contribution in [2.45, 2.75) is 46.3 Å². The van der Waals surface area contributed by atoms with E-state index >= 15 is 0 Å². The first-order valence-corrected chi connectivity index (χ1v) is 15.4. The molecular formula is C33H40N8O5. The number of carbonyl (C=O) groups excluding carboxylic acids is 3. The number of nitrogens with zero attached hydrogens (tertiary/aromatic N) is 6. The highest BCUT2D eigenvalue weighted by Gasteiger charge is 2.27. The number of fused-ring (bicyclic) bond motifs is 3. The minimum Gasteiger partial charge on any atom is -0.493 e. The second kappa shape index (κ2) is 14.7. The smallest absolute Gasteiger partial charge is 0.257 e. The molecule has 4 aromatic rings. The molecule has 2 bridgehead atoms. The van der Waals surface area contributed by atoms with Crippen molar-refractivity contribution >= 4 is 17.7 Å². The van der Waals surface area contributed by atoms with Crippen LogP contribution in [0, 0.1) is 12.8 Å². The van der Waals surface area contributed by atoms with Gasteiger partial charge in [0.2, 0.25) is 5.91 Å². The van der Waals surface area contributed by atoms with E-state index in [9.17, 15) is 14.4 Å². The molecule has 1 aliphatic heterocycles. The number of amides is 3. The highest BCUT2D eigenvalue weighted by Crippen LogP contribution is 2.28. The van der Waals surface area contributed by atoms with Crippen molar-refractivity contribution in [2.24, 2.45) is 5.92 Å². The Kier molecular flexibility index (Phi) is 10.3. The molecule has 1 aliphatic rings. The molecule has 46 heavy (non-hydrogen) atoms. The Morgan fingerprint density at radius 2 is 1.93 bits per heavy atom. The first kappa shape index (κ1) is 32.2. The van der Waals surface area contributed by atoms with Crippen LogP contribution in [0.2, 0.25) is 0 Å². The van der Waals surface area contributed by atoms with Gasteiger partial charge < -0.3 is 25.0 Å². The predicted octanol–water partition coefficient (Wildman–Crippen LogP) is 3.01. The summed E-state index contributed by atoms with van der Waals surface area (Å²) in [6.07, 6.45) is 3.62. The number of methoxy groups -OCH3 is 1. The summed E-state index contributed by atoms with van der Waals surface area (Å²) in [5.41, 5.74) is 1.83. The van der Waals surface area contributed by atoms with E-state index in [2.05, 4.69) is 25.8 Å². The molecule has 1 atom stereocenters. The van der Waals surface area contributed by atoms with Crippen LogP contribution in [-0.2, 0) is 17.9 Å². The molecule has 0 unspecified atom stereocenters. The van der Waals surface area contributed by atoms with Crippen LogP contribution in [0.15, 0.2) is 60.9 Å². The lowest BCUT2D eigenvalue weighted by Gasteiger charge is -2.26. The molecule has 0 radical (unpaired) electrons. The van der Waals surface area contributed by atoms with Crippen molar-refractivity contribution in [1.82, 2.24) is 40.1 Å². The SMILES string of the molecule is COc1ccc2cc1OCCn1nc(C)nc1[C@H](C(C)C)NC(=O)CN(C(=O)c1cnn(Cc3ccccc3)c1)CCCNC2=O. The van der Waals surface area contributed by atoms with Gasteiger partial charge in [0.25, 0.3) is 11.8 Å². The van der Waals surface area contributed by atoms with E-state index in [0.29, 0.717) is 53.8 Å². The Balaban J connectivity index is 1.41. The minimum absolute atomic E-state index is 0.0230. The van der Waals surface area contributed by atoms with Crippen LogP contribution in [0.3, 0.4) is 0 Å². The summed E-state index contributed by atoms with van der Waals surface area (Å²) in [6.45, 7) is 7.18. The first-order chi connectivity index (χ1) is 22.2. The molecule has 13 nitrogen and oxygen atoms in total. The van der Waals surface area contributed by atoms with Crippen molar-refractivity contribution in [1.29, 1.82) is 0 Å². The molecule has 3 amide bonds. The highest BCUT2D eigenvalue weighted by molar-refractivity contribution is 5.96. The summed E-state index contributed by atoms with van der Waals surface area (Å²) in [6, 6.07) is 14.4. The van der Waals surface area contributed by atoms with E-state index in [0.717, 1.165) is 5.56 Å². The van der Waals surface area contributed by atoms with Gasteiger partial charge in [-0.2, -0.15) is 10.2 Å². The maximum atomic E-state index is 13.7. The van der Waals surface area contributed by atoms with Crippen LogP contribution >= 0.6 is 0 Å². The largest absolute Gasteiger partial charge is 0.493 e. The lowest BCUT2D eigenvalue weighted by molar-refractivity contribution is -0.123. The summed E-state index contributed by atoms with van der Waals surface area (Å²) in [4.78, 5) is 46.4. The van der Waals surface area contributed by atoms with Gasteiger partial charge in [-0.15, -0.1) is 0 Å². The quantitative estimate of drug-likeness (QED) is 0.343. The fourth-order valence-corrected chi connectivity index (χ4v) is 5.30. The molecule has 242 valence electrons. The van der Waals surface area contributed by atoms with Gasteiger partial charge in [0.15, 0.2) is 11.5 Å². The number of aryl methyl sites for hydroxylation is 1. The van der Waals surface area contributed by atoms with Gasteiger partial charge in [0.05, 0.1) is 44.5 Å². The number of carbonyl (C=O) groups is 3. The zero-order valence-corrected chi connectivity index (χ0v) is 26.6. The van der Waals surface area contributed by atoms with E-state index in [1.807, 2.05) is 44.2 Å². The molecule has 5 rings (SSSR count). The van der Waals surface area contributed by atoms with Crippen LogP contribution in [0.5, 0.6) is 11.5 Å². The topological polar surface area (TPSA) is 146 Å². The molecule has 0 aliphatic carbocycles. The van der Waals surface area contributed by atoms with Gasteiger partial charge in [0, 0.05) is 24.8 Å². The third-order valence-corrected chi connectivity index (χ3v) is 7.63. The monoisotopic (exact) mass is 628 g/mol. The number of rotatable bonds is 5. The Labute approximate surface area is 267 Å². The van der Waals surface area contributed by atoms with Crippen molar-refractivity contribution in [3.05, 3.63) is 89.3 Å². The average molecular weight is 629 g/mol. The van der Waals surface area contributed by atoms with Crippen molar-refractivity contribution in [3.8, 4) is 11.5 Å². The maximum absolute atomic E-state index is 13.7. The molecule has 0 fully saturated rings. The summed E-state index contributed by atoms with van der Waals surface area (Å²) in [7, 11) is 1.54.